The molecule has 0 saturated carbocycles. The fourth-order valence-electron chi connectivity index (χ4n) is 3.56. The van der Waals surface area contributed by atoms with E-state index in [1.165, 1.54) is 44.3 Å². The molecule has 1 heterocycles. The van der Waals surface area contributed by atoms with Gasteiger partial charge in [-0.3, -0.25) is 4.90 Å². The lowest BCUT2D eigenvalue weighted by Gasteiger charge is -2.39. The smallest absolute Gasteiger partial charge is 0.0478 e. The van der Waals surface area contributed by atoms with E-state index in [4.69, 9.17) is 0 Å². The van der Waals surface area contributed by atoms with Gasteiger partial charge in [-0.25, -0.2) is 0 Å². The number of likely N-dealkylation sites (N-methyl/N-ethyl adjacent to an activating group) is 1. The Balaban J connectivity index is 1.88. The summed E-state index contributed by atoms with van der Waals surface area (Å²) in [5.74, 6) is 0. The van der Waals surface area contributed by atoms with E-state index < -0.39 is 0 Å². The van der Waals surface area contributed by atoms with Crippen LogP contribution in [0.4, 0.5) is 0 Å². The van der Waals surface area contributed by atoms with Crippen LogP contribution in [0.25, 0.3) is 0 Å². The first-order valence-electron chi connectivity index (χ1n) is 6.89. The lowest BCUT2D eigenvalue weighted by molar-refractivity contribution is 0.176. The van der Waals surface area contributed by atoms with Gasteiger partial charge in [-0.1, -0.05) is 24.3 Å². The highest BCUT2D eigenvalue weighted by molar-refractivity contribution is 5.34. The van der Waals surface area contributed by atoms with Gasteiger partial charge in [0.1, 0.15) is 0 Å². The Kier molecular flexibility index (Phi) is 3.17. The summed E-state index contributed by atoms with van der Waals surface area (Å²) in [6, 6.07) is 10.2. The van der Waals surface area contributed by atoms with Crippen LogP contribution in [0.1, 0.15) is 36.4 Å². The molecule has 1 fully saturated rings. The standard InChI is InChI=1S/C15H22N2/c1-16-15-13-7-3-2-6-12(13)8-9-14(15)17-10-4-5-11-17/h2-3,6-7,14-16H,4-5,8-11H2,1H3/t14-,15-/m0/s1. The summed E-state index contributed by atoms with van der Waals surface area (Å²) in [4.78, 5) is 2.69. The van der Waals surface area contributed by atoms with E-state index in [-0.39, 0.29) is 0 Å². The van der Waals surface area contributed by atoms with Crippen molar-refractivity contribution in [1.82, 2.24) is 10.2 Å². The molecule has 0 bridgehead atoms. The number of likely N-dealkylation sites (tertiary alicyclic amines) is 1. The quantitative estimate of drug-likeness (QED) is 0.839. The number of nitrogens with one attached hydrogen (secondary N) is 1. The molecular formula is C15H22N2. The van der Waals surface area contributed by atoms with Gasteiger partial charge in [0.15, 0.2) is 0 Å². The van der Waals surface area contributed by atoms with Gasteiger partial charge in [0, 0.05) is 12.1 Å². The van der Waals surface area contributed by atoms with Crippen LogP contribution < -0.4 is 5.32 Å². The van der Waals surface area contributed by atoms with E-state index >= 15 is 0 Å². The van der Waals surface area contributed by atoms with Crippen LogP contribution in [-0.4, -0.2) is 31.1 Å². The maximum Gasteiger partial charge on any atom is 0.0478 e. The van der Waals surface area contributed by atoms with E-state index in [0.29, 0.717) is 12.1 Å². The van der Waals surface area contributed by atoms with Crippen molar-refractivity contribution in [3.63, 3.8) is 0 Å². The number of hydrogen-bond donors (Lipinski definition) is 1. The van der Waals surface area contributed by atoms with E-state index in [1.807, 2.05) is 0 Å². The van der Waals surface area contributed by atoms with Crippen LogP contribution in [0.2, 0.25) is 0 Å². The molecule has 0 aromatic heterocycles. The van der Waals surface area contributed by atoms with Crippen LogP contribution >= 0.6 is 0 Å². The average Bonchev–Trinajstić information content (AvgIpc) is 2.91. The molecule has 0 spiro atoms. The second-order valence-corrected chi connectivity index (χ2v) is 5.31. The van der Waals surface area contributed by atoms with Gasteiger partial charge < -0.3 is 5.32 Å². The first-order valence-corrected chi connectivity index (χ1v) is 6.89. The number of nitrogens with zero attached hydrogens (tertiary/aromatic N) is 1. The van der Waals surface area contributed by atoms with Crippen LogP contribution in [0, 0.1) is 0 Å². The van der Waals surface area contributed by atoms with Crippen molar-refractivity contribution >= 4 is 0 Å². The monoisotopic (exact) mass is 230 g/mol. The lowest BCUT2D eigenvalue weighted by Crippen LogP contribution is -2.45. The van der Waals surface area contributed by atoms with Crippen molar-refractivity contribution in [2.75, 3.05) is 20.1 Å². The predicted molar refractivity (Wildman–Crippen MR) is 71.2 cm³/mol. The second-order valence-electron chi connectivity index (χ2n) is 5.31. The van der Waals surface area contributed by atoms with E-state index in [1.54, 1.807) is 5.56 Å². The molecule has 1 aliphatic heterocycles. The third kappa shape index (κ3) is 2.00. The zero-order valence-electron chi connectivity index (χ0n) is 10.7. The van der Waals surface area contributed by atoms with Gasteiger partial charge in [-0.2, -0.15) is 0 Å². The topological polar surface area (TPSA) is 15.3 Å². The fraction of sp³-hybridized carbons (Fsp3) is 0.600. The molecule has 0 unspecified atom stereocenters. The molecule has 1 aromatic carbocycles. The van der Waals surface area contributed by atoms with E-state index in [9.17, 15) is 0 Å². The zero-order valence-corrected chi connectivity index (χ0v) is 10.7. The van der Waals surface area contributed by atoms with Gasteiger partial charge >= 0.3 is 0 Å². The Hall–Kier alpha value is -0.860. The Morgan fingerprint density at radius 3 is 2.71 bits per heavy atom. The molecule has 2 aliphatic rings. The largest absolute Gasteiger partial charge is 0.312 e. The highest BCUT2D eigenvalue weighted by Crippen LogP contribution is 2.34. The van der Waals surface area contributed by atoms with Crippen LogP contribution in [0.5, 0.6) is 0 Å². The maximum absolute atomic E-state index is 3.55. The molecule has 2 nitrogen and oxygen atoms in total. The minimum absolute atomic E-state index is 0.526. The first kappa shape index (κ1) is 11.2. The minimum atomic E-state index is 0.526. The summed E-state index contributed by atoms with van der Waals surface area (Å²) in [6.45, 7) is 2.59. The zero-order chi connectivity index (χ0) is 11.7. The molecule has 92 valence electrons. The van der Waals surface area contributed by atoms with E-state index in [0.717, 1.165) is 0 Å². The highest BCUT2D eigenvalue weighted by Gasteiger charge is 2.33. The minimum Gasteiger partial charge on any atom is -0.312 e. The van der Waals surface area contributed by atoms with Crippen molar-refractivity contribution in [1.29, 1.82) is 0 Å². The normalized spacial score (nSPS) is 29.2. The molecule has 0 radical (unpaired) electrons. The average molecular weight is 230 g/mol. The molecule has 1 aromatic rings. The van der Waals surface area contributed by atoms with E-state index in [2.05, 4.69) is 41.5 Å². The maximum atomic E-state index is 3.55. The molecule has 2 heteroatoms. The summed E-state index contributed by atoms with van der Waals surface area (Å²) in [7, 11) is 2.11. The Labute approximate surface area is 104 Å². The Morgan fingerprint density at radius 1 is 1.18 bits per heavy atom. The SMILES string of the molecule is CN[C@H]1c2ccccc2CC[C@@H]1N1CCCC1. The summed E-state index contributed by atoms with van der Waals surface area (Å²) < 4.78 is 0. The number of benzene rings is 1. The molecule has 1 N–H and O–H groups in total. The van der Waals surface area contributed by atoms with Crippen LogP contribution in [0.3, 0.4) is 0 Å². The fourth-order valence-corrected chi connectivity index (χ4v) is 3.56. The third-order valence-corrected chi connectivity index (χ3v) is 4.41. The number of aryl methyl sites for hydroxylation is 1. The second kappa shape index (κ2) is 4.79. The van der Waals surface area contributed by atoms with Crippen LogP contribution in [-0.2, 0) is 6.42 Å². The molecule has 3 rings (SSSR count). The van der Waals surface area contributed by atoms with Crippen molar-refractivity contribution in [3.05, 3.63) is 35.4 Å². The summed E-state index contributed by atoms with van der Waals surface area (Å²) in [5, 5.41) is 3.55. The summed E-state index contributed by atoms with van der Waals surface area (Å²) >= 11 is 0. The Morgan fingerprint density at radius 2 is 1.94 bits per heavy atom. The predicted octanol–water partition coefficient (Wildman–Crippen LogP) is 2.36. The van der Waals surface area contributed by atoms with Crippen molar-refractivity contribution < 1.29 is 0 Å². The van der Waals surface area contributed by atoms with Crippen LogP contribution in [0.15, 0.2) is 24.3 Å². The van der Waals surface area contributed by atoms with Crippen molar-refractivity contribution in [2.24, 2.45) is 0 Å². The number of fused-ring (bicyclic) bond motifs is 1. The van der Waals surface area contributed by atoms with Gasteiger partial charge in [0.05, 0.1) is 0 Å². The number of rotatable bonds is 2. The molecule has 1 aliphatic carbocycles. The first-order chi connectivity index (χ1) is 8.40. The molecule has 1 saturated heterocycles. The molecule has 2 atom stereocenters. The highest BCUT2D eigenvalue weighted by atomic mass is 15.2. The van der Waals surface area contributed by atoms with Crippen molar-refractivity contribution in [2.45, 2.75) is 37.8 Å². The lowest BCUT2D eigenvalue weighted by atomic mass is 9.83. The summed E-state index contributed by atoms with van der Waals surface area (Å²) in [6.07, 6.45) is 5.32. The van der Waals surface area contributed by atoms with Gasteiger partial charge in [-0.15, -0.1) is 0 Å². The molecule has 17 heavy (non-hydrogen) atoms. The van der Waals surface area contributed by atoms with Gasteiger partial charge in [0.25, 0.3) is 0 Å². The molecule has 0 amide bonds. The number of hydrogen-bond acceptors (Lipinski definition) is 2. The third-order valence-electron chi connectivity index (χ3n) is 4.41. The summed E-state index contributed by atoms with van der Waals surface area (Å²) in [5.41, 5.74) is 3.07. The molecular weight excluding hydrogens is 208 g/mol. The van der Waals surface area contributed by atoms with Crippen molar-refractivity contribution in [3.8, 4) is 0 Å². The Bertz CT molecular complexity index is 382. The van der Waals surface area contributed by atoms with Gasteiger partial charge in [0.2, 0.25) is 0 Å². The van der Waals surface area contributed by atoms with Gasteiger partial charge in [-0.05, 0) is 56.9 Å².